The molecule has 0 atom stereocenters. The molecule has 5 aromatic rings. The third kappa shape index (κ3) is 2.21. The lowest BCUT2D eigenvalue weighted by Crippen LogP contribution is -1.96. The monoisotopic (exact) mass is 342 g/mol. The molecular formula is C19H14N6O. The second-order valence-electron chi connectivity index (χ2n) is 5.84. The number of nitrogens with one attached hydrogen (secondary N) is 1. The zero-order valence-electron chi connectivity index (χ0n) is 13.9. The van der Waals surface area contributed by atoms with Gasteiger partial charge >= 0.3 is 0 Å². The summed E-state index contributed by atoms with van der Waals surface area (Å²) in [7, 11) is 1.65. The molecule has 0 saturated heterocycles. The van der Waals surface area contributed by atoms with Crippen molar-refractivity contribution < 1.29 is 4.74 Å². The van der Waals surface area contributed by atoms with Crippen LogP contribution in [0.4, 0.5) is 11.5 Å². The van der Waals surface area contributed by atoms with Gasteiger partial charge in [0, 0.05) is 47.3 Å². The van der Waals surface area contributed by atoms with E-state index in [2.05, 4.69) is 20.4 Å². The molecule has 7 heteroatoms. The van der Waals surface area contributed by atoms with Gasteiger partial charge in [0.25, 0.3) is 0 Å². The van der Waals surface area contributed by atoms with Gasteiger partial charge in [0.2, 0.25) is 0 Å². The number of pyridine rings is 2. The first-order chi connectivity index (χ1) is 12.8. The van der Waals surface area contributed by atoms with Gasteiger partial charge in [-0.25, -0.2) is 9.50 Å². The van der Waals surface area contributed by atoms with Crippen molar-refractivity contribution in [2.24, 2.45) is 0 Å². The Hall–Kier alpha value is -3.74. The topological polar surface area (TPSA) is 77.2 Å². The standard InChI is InChI=1S/C19H14N6O/c1-26-13-4-2-3-12(9-13)22-19-14-5-6-20-10-15(14)17-18(23-19)16-11-21-7-8-25(16)24-17/h2-11H,1H3,(H,22,23). The zero-order valence-corrected chi connectivity index (χ0v) is 13.9. The maximum Gasteiger partial charge on any atom is 0.139 e. The van der Waals surface area contributed by atoms with Crippen molar-refractivity contribution in [3.63, 3.8) is 0 Å². The fourth-order valence-corrected chi connectivity index (χ4v) is 3.07. The van der Waals surface area contributed by atoms with Crippen LogP contribution in [-0.4, -0.2) is 31.7 Å². The number of anilines is 2. The summed E-state index contributed by atoms with van der Waals surface area (Å²) < 4.78 is 7.09. The van der Waals surface area contributed by atoms with Crippen LogP contribution in [0.5, 0.6) is 5.75 Å². The second-order valence-corrected chi connectivity index (χ2v) is 5.84. The van der Waals surface area contributed by atoms with Crippen molar-refractivity contribution in [1.82, 2.24) is 24.6 Å². The van der Waals surface area contributed by atoms with Crippen LogP contribution < -0.4 is 10.1 Å². The van der Waals surface area contributed by atoms with E-state index in [9.17, 15) is 0 Å². The molecule has 0 saturated carbocycles. The van der Waals surface area contributed by atoms with Gasteiger partial charge in [0.15, 0.2) is 0 Å². The molecule has 0 unspecified atom stereocenters. The lowest BCUT2D eigenvalue weighted by molar-refractivity contribution is 0.415. The molecule has 1 N–H and O–H groups in total. The molecule has 0 aliphatic rings. The van der Waals surface area contributed by atoms with Crippen LogP contribution in [0.2, 0.25) is 0 Å². The highest BCUT2D eigenvalue weighted by molar-refractivity contribution is 6.12. The Morgan fingerprint density at radius 3 is 2.85 bits per heavy atom. The maximum atomic E-state index is 5.30. The number of aromatic nitrogens is 5. The van der Waals surface area contributed by atoms with Gasteiger partial charge in [0.1, 0.15) is 28.1 Å². The quantitative estimate of drug-likeness (QED) is 0.540. The van der Waals surface area contributed by atoms with Gasteiger partial charge in [-0.3, -0.25) is 9.97 Å². The van der Waals surface area contributed by atoms with Gasteiger partial charge in [0.05, 0.1) is 13.3 Å². The smallest absolute Gasteiger partial charge is 0.139 e. The molecule has 4 aromatic heterocycles. The van der Waals surface area contributed by atoms with E-state index in [-0.39, 0.29) is 0 Å². The highest BCUT2D eigenvalue weighted by Gasteiger charge is 2.14. The van der Waals surface area contributed by atoms with Crippen LogP contribution >= 0.6 is 0 Å². The van der Waals surface area contributed by atoms with E-state index in [0.717, 1.165) is 44.6 Å². The predicted molar refractivity (Wildman–Crippen MR) is 99.9 cm³/mol. The average Bonchev–Trinajstić information content (AvgIpc) is 3.07. The fraction of sp³-hybridized carbons (Fsp3) is 0.0526. The average molecular weight is 342 g/mol. The molecule has 1 aromatic carbocycles. The summed E-state index contributed by atoms with van der Waals surface area (Å²) in [6.45, 7) is 0. The van der Waals surface area contributed by atoms with Crippen molar-refractivity contribution in [3.05, 3.63) is 61.3 Å². The summed E-state index contributed by atoms with van der Waals surface area (Å²) in [5.41, 5.74) is 3.33. The Bertz CT molecular complexity index is 1260. The van der Waals surface area contributed by atoms with E-state index in [1.165, 1.54) is 0 Å². The third-order valence-corrected chi connectivity index (χ3v) is 4.30. The summed E-state index contributed by atoms with van der Waals surface area (Å²) >= 11 is 0. The summed E-state index contributed by atoms with van der Waals surface area (Å²) in [6, 6.07) is 9.67. The number of nitrogens with zero attached hydrogens (tertiary/aromatic N) is 5. The Labute approximate surface area is 148 Å². The van der Waals surface area contributed by atoms with Crippen molar-refractivity contribution in [2.45, 2.75) is 0 Å². The van der Waals surface area contributed by atoms with E-state index in [4.69, 9.17) is 9.72 Å². The van der Waals surface area contributed by atoms with Crippen LogP contribution in [0.1, 0.15) is 0 Å². The highest BCUT2D eigenvalue weighted by Crippen LogP contribution is 2.32. The molecule has 7 nitrogen and oxygen atoms in total. The van der Waals surface area contributed by atoms with E-state index < -0.39 is 0 Å². The maximum absolute atomic E-state index is 5.30. The van der Waals surface area contributed by atoms with Gasteiger partial charge < -0.3 is 10.1 Å². The lowest BCUT2D eigenvalue weighted by Gasteiger charge is -2.10. The van der Waals surface area contributed by atoms with E-state index in [1.54, 1.807) is 30.2 Å². The number of rotatable bonds is 3. The van der Waals surface area contributed by atoms with Crippen LogP contribution in [0, 0.1) is 0 Å². The number of benzene rings is 1. The van der Waals surface area contributed by atoms with E-state index in [0.29, 0.717) is 0 Å². The highest BCUT2D eigenvalue weighted by atomic mass is 16.5. The van der Waals surface area contributed by atoms with Crippen molar-refractivity contribution in [3.8, 4) is 5.75 Å². The van der Waals surface area contributed by atoms with E-state index in [1.807, 2.05) is 42.7 Å². The normalized spacial score (nSPS) is 11.3. The summed E-state index contributed by atoms with van der Waals surface area (Å²) in [4.78, 5) is 13.3. The lowest BCUT2D eigenvalue weighted by atomic mass is 10.1. The molecule has 126 valence electrons. The molecule has 0 fully saturated rings. The van der Waals surface area contributed by atoms with Crippen LogP contribution in [0.25, 0.3) is 27.3 Å². The van der Waals surface area contributed by atoms with E-state index >= 15 is 0 Å². The summed E-state index contributed by atoms with van der Waals surface area (Å²) in [5, 5.41) is 9.92. The van der Waals surface area contributed by atoms with Gasteiger partial charge in [-0.15, -0.1) is 0 Å². The van der Waals surface area contributed by atoms with Crippen LogP contribution in [-0.2, 0) is 0 Å². The zero-order chi connectivity index (χ0) is 17.5. The molecule has 0 radical (unpaired) electrons. The number of hydrogen-bond acceptors (Lipinski definition) is 6. The SMILES string of the molecule is COc1cccc(Nc2nc3c(nn4ccncc34)c3cnccc23)c1. The van der Waals surface area contributed by atoms with Gasteiger partial charge in [-0.2, -0.15) is 5.10 Å². The summed E-state index contributed by atoms with van der Waals surface area (Å²) in [5.74, 6) is 1.52. The van der Waals surface area contributed by atoms with Crippen molar-refractivity contribution in [2.75, 3.05) is 12.4 Å². The molecule has 5 rings (SSSR count). The largest absolute Gasteiger partial charge is 0.497 e. The molecule has 0 bridgehead atoms. The Morgan fingerprint density at radius 1 is 1.00 bits per heavy atom. The number of fused-ring (bicyclic) bond motifs is 5. The Morgan fingerprint density at radius 2 is 1.92 bits per heavy atom. The first kappa shape index (κ1) is 14.6. The van der Waals surface area contributed by atoms with Crippen LogP contribution in [0.15, 0.2) is 61.3 Å². The Kier molecular flexibility index (Phi) is 3.18. The molecule has 0 spiro atoms. The minimum atomic E-state index is 0.738. The first-order valence-electron chi connectivity index (χ1n) is 8.10. The van der Waals surface area contributed by atoms with Crippen molar-refractivity contribution in [1.29, 1.82) is 0 Å². The molecular weight excluding hydrogens is 328 g/mol. The van der Waals surface area contributed by atoms with Gasteiger partial charge in [-0.05, 0) is 18.2 Å². The van der Waals surface area contributed by atoms with Gasteiger partial charge in [-0.1, -0.05) is 6.07 Å². The molecule has 0 amide bonds. The molecule has 4 heterocycles. The minimum Gasteiger partial charge on any atom is -0.497 e. The Balaban J connectivity index is 1.78. The summed E-state index contributed by atoms with van der Waals surface area (Å²) in [6.07, 6.45) is 8.85. The third-order valence-electron chi connectivity index (χ3n) is 4.30. The van der Waals surface area contributed by atoms with Crippen LogP contribution in [0.3, 0.4) is 0 Å². The number of hydrogen-bond donors (Lipinski definition) is 1. The number of ether oxygens (including phenoxy) is 1. The molecule has 0 aliphatic heterocycles. The molecule has 26 heavy (non-hydrogen) atoms. The predicted octanol–water partition coefficient (Wildman–Crippen LogP) is 3.58. The first-order valence-corrected chi connectivity index (χ1v) is 8.10. The number of methoxy groups -OCH3 is 1. The molecule has 0 aliphatic carbocycles. The van der Waals surface area contributed by atoms with Crippen molar-refractivity contribution >= 4 is 38.8 Å². The fourth-order valence-electron chi connectivity index (χ4n) is 3.07. The minimum absolute atomic E-state index is 0.738. The second kappa shape index (κ2) is 5.66.